The van der Waals surface area contributed by atoms with Crippen LogP contribution in [0.15, 0.2) is 24.3 Å². The van der Waals surface area contributed by atoms with Crippen molar-refractivity contribution >= 4 is 38.6 Å². The molecule has 3 aromatic rings. The Morgan fingerprint density at radius 1 is 1.21 bits per heavy atom. The number of hydrogen-bond donors (Lipinski definition) is 1. The Morgan fingerprint density at radius 2 is 1.94 bits per heavy atom. The lowest BCUT2D eigenvalue weighted by molar-refractivity contribution is 0.0625. The molecule has 2 aromatic heterocycles. The van der Waals surface area contributed by atoms with Crippen LogP contribution >= 0.6 is 11.3 Å². The molecule has 10 heteroatoms. The summed E-state index contributed by atoms with van der Waals surface area (Å²) in [6, 6.07) is 6.88. The minimum atomic E-state index is -0.390. The SMILES string of the molecule is COC[C@@H]1CCCN1C(=O)c1nn(C(C)(C)C)c2nc(NC(=O)c3ccc(OC)cc3)sc12. The number of ether oxygens (including phenoxy) is 2. The van der Waals surface area contributed by atoms with Gasteiger partial charge in [-0.25, -0.2) is 4.68 Å². The van der Waals surface area contributed by atoms with Gasteiger partial charge in [0.05, 0.1) is 25.3 Å². The first kappa shape index (κ1) is 23.2. The van der Waals surface area contributed by atoms with E-state index in [9.17, 15) is 9.59 Å². The summed E-state index contributed by atoms with van der Waals surface area (Å²) in [5.74, 6) is 0.268. The molecule has 9 nitrogen and oxygen atoms in total. The van der Waals surface area contributed by atoms with Crippen molar-refractivity contribution in [2.75, 3.05) is 32.7 Å². The van der Waals surface area contributed by atoms with Crippen molar-refractivity contribution in [2.45, 2.75) is 45.2 Å². The van der Waals surface area contributed by atoms with E-state index < -0.39 is 0 Å². The predicted molar refractivity (Wildman–Crippen MR) is 127 cm³/mol. The molecule has 0 radical (unpaired) electrons. The molecule has 2 amide bonds. The van der Waals surface area contributed by atoms with Crippen LogP contribution in [-0.2, 0) is 10.3 Å². The van der Waals surface area contributed by atoms with Crippen LogP contribution in [0.5, 0.6) is 5.75 Å². The number of amides is 2. The molecular weight excluding hydrogens is 442 g/mol. The van der Waals surface area contributed by atoms with E-state index in [2.05, 4.69) is 15.4 Å². The number of rotatable bonds is 6. The van der Waals surface area contributed by atoms with E-state index in [1.807, 2.05) is 25.7 Å². The number of anilines is 1. The summed E-state index contributed by atoms with van der Waals surface area (Å²) >= 11 is 1.26. The van der Waals surface area contributed by atoms with Crippen molar-refractivity contribution in [1.29, 1.82) is 0 Å². The number of carbonyl (C=O) groups is 2. The molecule has 3 heterocycles. The summed E-state index contributed by atoms with van der Waals surface area (Å²) in [5, 5.41) is 7.94. The molecule has 0 spiro atoms. The maximum atomic E-state index is 13.5. The normalized spacial score (nSPS) is 16.4. The van der Waals surface area contributed by atoms with Crippen LogP contribution in [0.3, 0.4) is 0 Å². The molecule has 1 aliphatic heterocycles. The fourth-order valence-electron chi connectivity index (χ4n) is 3.98. The molecule has 1 aromatic carbocycles. The maximum absolute atomic E-state index is 13.5. The van der Waals surface area contributed by atoms with Gasteiger partial charge in [-0.2, -0.15) is 10.1 Å². The van der Waals surface area contributed by atoms with E-state index >= 15 is 0 Å². The van der Waals surface area contributed by atoms with Crippen LogP contribution in [0, 0.1) is 0 Å². The summed E-state index contributed by atoms with van der Waals surface area (Å²) in [4.78, 5) is 32.7. The second kappa shape index (κ2) is 9.11. The zero-order valence-electron chi connectivity index (χ0n) is 19.5. The standard InChI is InChI=1S/C23H29N5O4S/c1-23(2,3)28-19-18(17(26-28)21(30)27-12-6-7-15(27)13-31-4)33-22(24-19)25-20(29)14-8-10-16(32-5)11-9-14/h8-11,15H,6-7,12-13H2,1-5H3,(H,24,25,29)/t15-/m0/s1. The van der Waals surface area contributed by atoms with Gasteiger partial charge in [0.1, 0.15) is 10.4 Å². The first-order valence-corrected chi connectivity index (χ1v) is 11.7. The number of benzene rings is 1. The lowest BCUT2D eigenvalue weighted by Gasteiger charge is -2.23. The van der Waals surface area contributed by atoms with Crippen LogP contribution in [0.25, 0.3) is 10.3 Å². The number of fused-ring (bicyclic) bond motifs is 1. The zero-order chi connectivity index (χ0) is 23.8. The van der Waals surface area contributed by atoms with E-state index in [0.717, 1.165) is 12.8 Å². The average molecular weight is 472 g/mol. The topological polar surface area (TPSA) is 98.6 Å². The first-order valence-electron chi connectivity index (χ1n) is 10.9. The third kappa shape index (κ3) is 4.58. The van der Waals surface area contributed by atoms with Crippen LogP contribution in [0.2, 0.25) is 0 Å². The zero-order valence-corrected chi connectivity index (χ0v) is 20.4. The van der Waals surface area contributed by atoms with Crippen molar-refractivity contribution in [3.05, 3.63) is 35.5 Å². The third-order valence-electron chi connectivity index (χ3n) is 5.63. The van der Waals surface area contributed by atoms with Crippen molar-refractivity contribution < 1.29 is 19.1 Å². The maximum Gasteiger partial charge on any atom is 0.276 e. The van der Waals surface area contributed by atoms with Gasteiger partial charge in [0.25, 0.3) is 11.8 Å². The van der Waals surface area contributed by atoms with Crippen LogP contribution < -0.4 is 10.1 Å². The Bertz CT molecular complexity index is 1160. The second-order valence-corrected chi connectivity index (χ2v) is 10.0. The fraction of sp³-hybridized carbons (Fsp3) is 0.478. The van der Waals surface area contributed by atoms with E-state index in [1.54, 1.807) is 43.2 Å². The highest BCUT2D eigenvalue weighted by Crippen LogP contribution is 2.34. The van der Waals surface area contributed by atoms with Gasteiger partial charge in [-0.1, -0.05) is 11.3 Å². The van der Waals surface area contributed by atoms with Crippen LogP contribution in [-0.4, -0.2) is 64.9 Å². The molecule has 1 aliphatic rings. The van der Waals surface area contributed by atoms with E-state index in [0.29, 0.717) is 45.6 Å². The third-order valence-corrected chi connectivity index (χ3v) is 6.60. The molecule has 0 saturated carbocycles. The van der Waals surface area contributed by atoms with Crippen LogP contribution in [0.1, 0.15) is 54.5 Å². The monoisotopic (exact) mass is 471 g/mol. The highest BCUT2D eigenvalue weighted by atomic mass is 32.1. The summed E-state index contributed by atoms with van der Waals surface area (Å²) in [6.07, 6.45) is 1.85. The van der Waals surface area contributed by atoms with Gasteiger partial charge in [-0.3, -0.25) is 14.9 Å². The molecule has 176 valence electrons. The Hall–Kier alpha value is -2.98. The number of hydrogen-bond acceptors (Lipinski definition) is 7. The Labute approximate surface area is 196 Å². The van der Waals surface area contributed by atoms with Gasteiger partial charge in [0.2, 0.25) is 0 Å². The number of likely N-dealkylation sites (tertiary alicyclic amines) is 1. The van der Waals surface area contributed by atoms with E-state index in [1.165, 1.54) is 11.3 Å². The lowest BCUT2D eigenvalue weighted by Crippen LogP contribution is -2.38. The largest absolute Gasteiger partial charge is 0.497 e. The van der Waals surface area contributed by atoms with E-state index in [-0.39, 0.29) is 23.4 Å². The molecule has 1 saturated heterocycles. The molecule has 1 fully saturated rings. The Kier molecular flexibility index (Phi) is 6.40. The lowest BCUT2D eigenvalue weighted by atomic mass is 10.1. The quantitative estimate of drug-likeness (QED) is 0.588. The Morgan fingerprint density at radius 3 is 2.58 bits per heavy atom. The summed E-state index contributed by atoms with van der Waals surface area (Å²) < 4.78 is 12.9. The van der Waals surface area contributed by atoms with Gasteiger partial charge in [0.15, 0.2) is 16.5 Å². The number of thiazole rings is 1. The second-order valence-electron chi connectivity index (χ2n) is 9.04. The number of methoxy groups -OCH3 is 2. The van der Waals surface area contributed by atoms with E-state index in [4.69, 9.17) is 9.47 Å². The van der Waals surface area contributed by atoms with Gasteiger partial charge in [-0.15, -0.1) is 0 Å². The highest BCUT2D eigenvalue weighted by Gasteiger charge is 2.34. The van der Waals surface area contributed by atoms with Crippen molar-refractivity contribution in [3.63, 3.8) is 0 Å². The number of nitrogens with zero attached hydrogens (tertiary/aromatic N) is 4. The first-order chi connectivity index (χ1) is 15.7. The van der Waals surface area contributed by atoms with Gasteiger partial charge in [-0.05, 0) is 57.9 Å². The summed E-state index contributed by atoms with van der Waals surface area (Å²) in [5.41, 5.74) is 1.05. The van der Waals surface area contributed by atoms with Gasteiger partial charge < -0.3 is 14.4 Å². The highest BCUT2D eigenvalue weighted by molar-refractivity contribution is 7.22. The van der Waals surface area contributed by atoms with Gasteiger partial charge >= 0.3 is 0 Å². The summed E-state index contributed by atoms with van der Waals surface area (Å²) in [6.45, 7) is 7.20. The molecule has 4 rings (SSSR count). The van der Waals surface area contributed by atoms with Gasteiger partial charge in [0, 0.05) is 19.2 Å². The molecule has 1 atom stereocenters. The number of nitrogens with one attached hydrogen (secondary N) is 1. The fourth-order valence-corrected chi connectivity index (χ4v) is 4.90. The summed E-state index contributed by atoms with van der Waals surface area (Å²) in [7, 11) is 3.22. The van der Waals surface area contributed by atoms with Crippen molar-refractivity contribution in [1.82, 2.24) is 19.7 Å². The Balaban J connectivity index is 1.67. The average Bonchev–Trinajstić information content (AvgIpc) is 3.48. The van der Waals surface area contributed by atoms with Crippen LogP contribution in [0.4, 0.5) is 5.13 Å². The molecule has 33 heavy (non-hydrogen) atoms. The van der Waals surface area contributed by atoms with Crippen molar-refractivity contribution in [2.24, 2.45) is 0 Å². The predicted octanol–water partition coefficient (Wildman–Crippen LogP) is 3.76. The molecule has 0 bridgehead atoms. The minimum Gasteiger partial charge on any atom is -0.497 e. The number of carbonyl (C=O) groups excluding carboxylic acids is 2. The molecular formula is C23H29N5O4S. The smallest absolute Gasteiger partial charge is 0.276 e. The van der Waals surface area contributed by atoms with Crippen molar-refractivity contribution in [3.8, 4) is 5.75 Å². The molecule has 0 aliphatic carbocycles. The molecule has 1 N–H and O–H groups in total. The minimum absolute atomic E-state index is 0.0412. The molecule has 0 unspecified atom stereocenters. The number of aromatic nitrogens is 3.